The third-order valence-electron chi connectivity index (χ3n) is 4.22. The van der Waals surface area contributed by atoms with E-state index in [-0.39, 0.29) is 0 Å². The van der Waals surface area contributed by atoms with Crippen molar-refractivity contribution in [3.05, 3.63) is 0 Å². The lowest BCUT2D eigenvalue weighted by Gasteiger charge is -2.37. The van der Waals surface area contributed by atoms with Gasteiger partial charge in [-0.1, -0.05) is 6.92 Å². The summed E-state index contributed by atoms with van der Waals surface area (Å²) in [4.78, 5) is 5.06. The normalized spacial score (nSPS) is 29.6. The van der Waals surface area contributed by atoms with Gasteiger partial charge in [-0.15, -0.1) is 0 Å². The fourth-order valence-corrected chi connectivity index (χ4v) is 3.00. The highest BCUT2D eigenvalue weighted by Crippen LogP contribution is 2.23. The molecule has 0 radical (unpaired) electrons. The summed E-state index contributed by atoms with van der Waals surface area (Å²) in [5, 5.41) is 3.38. The van der Waals surface area contributed by atoms with Gasteiger partial charge in [0.05, 0.1) is 0 Å². The minimum absolute atomic E-state index is 0.811. The van der Waals surface area contributed by atoms with E-state index >= 15 is 0 Å². The molecule has 0 aliphatic carbocycles. The second-order valence-corrected chi connectivity index (χ2v) is 5.95. The van der Waals surface area contributed by atoms with Crippen molar-refractivity contribution in [1.82, 2.24) is 15.1 Å². The van der Waals surface area contributed by atoms with E-state index < -0.39 is 0 Å². The Morgan fingerprint density at radius 1 is 1.38 bits per heavy atom. The van der Waals surface area contributed by atoms with Crippen LogP contribution in [0.1, 0.15) is 19.8 Å². The van der Waals surface area contributed by atoms with Crippen LogP contribution in [0.25, 0.3) is 0 Å². The summed E-state index contributed by atoms with van der Waals surface area (Å²) in [6, 6.07) is 0.811. The first-order valence-electron chi connectivity index (χ1n) is 6.76. The smallest absolute Gasteiger partial charge is 0.0223 e. The number of rotatable bonds is 5. The molecule has 0 amide bonds. The summed E-state index contributed by atoms with van der Waals surface area (Å²) in [5.41, 5.74) is 0. The van der Waals surface area contributed by atoms with Gasteiger partial charge in [-0.3, -0.25) is 4.90 Å². The highest BCUT2D eigenvalue weighted by atomic mass is 15.2. The Morgan fingerprint density at radius 2 is 2.12 bits per heavy atom. The second-order valence-electron chi connectivity index (χ2n) is 5.95. The van der Waals surface area contributed by atoms with Crippen LogP contribution in [-0.2, 0) is 0 Å². The molecular weight excluding hydrogens is 198 g/mol. The predicted molar refractivity (Wildman–Crippen MR) is 68.7 cm³/mol. The average molecular weight is 225 g/mol. The molecule has 1 N–H and O–H groups in total. The van der Waals surface area contributed by atoms with Gasteiger partial charge in [0.1, 0.15) is 0 Å². The predicted octanol–water partition coefficient (Wildman–Crippen LogP) is 0.868. The second kappa shape index (κ2) is 5.48. The summed E-state index contributed by atoms with van der Waals surface area (Å²) in [5.74, 6) is 1.80. The van der Waals surface area contributed by atoms with Gasteiger partial charge in [0.15, 0.2) is 0 Å². The van der Waals surface area contributed by atoms with Crippen LogP contribution < -0.4 is 5.32 Å². The average Bonchev–Trinajstić information content (AvgIpc) is 2.48. The lowest BCUT2D eigenvalue weighted by molar-refractivity contribution is 0.141. The van der Waals surface area contributed by atoms with Gasteiger partial charge in [-0.25, -0.2) is 0 Å². The lowest BCUT2D eigenvalue weighted by atomic mass is 9.88. The van der Waals surface area contributed by atoms with Gasteiger partial charge in [0.2, 0.25) is 0 Å². The molecule has 2 aliphatic heterocycles. The molecule has 2 saturated heterocycles. The number of nitrogens with one attached hydrogen (secondary N) is 1. The third kappa shape index (κ3) is 2.96. The molecule has 0 aromatic carbocycles. The van der Waals surface area contributed by atoms with Crippen molar-refractivity contribution in [3.8, 4) is 0 Å². The van der Waals surface area contributed by atoms with Crippen LogP contribution in [0.3, 0.4) is 0 Å². The summed E-state index contributed by atoms with van der Waals surface area (Å²) in [6.07, 6.45) is 2.79. The zero-order valence-electron chi connectivity index (χ0n) is 11.1. The van der Waals surface area contributed by atoms with E-state index in [0.29, 0.717) is 0 Å². The first kappa shape index (κ1) is 12.3. The van der Waals surface area contributed by atoms with E-state index in [9.17, 15) is 0 Å². The number of nitrogens with zero attached hydrogens (tertiary/aromatic N) is 2. The molecule has 0 spiro atoms. The monoisotopic (exact) mass is 225 g/mol. The number of likely N-dealkylation sites (tertiary alicyclic amines) is 1. The van der Waals surface area contributed by atoms with Gasteiger partial charge in [-0.2, -0.15) is 0 Å². The number of likely N-dealkylation sites (N-methyl/N-ethyl adjacent to an activating group) is 1. The van der Waals surface area contributed by atoms with E-state index in [2.05, 4.69) is 36.1 Å². The van der Waals surface area contributed by atoms with Gasteiger partial charge < -0.3 is 10.2 Å². The van der Waals surface area contributed by atoms with Crippen molar-refractivity contribution in [1.29, 1.82) is 0 Å². The molecule has 0 aromatic rings. The SMILES string of the molecule is CC(CN1CCCC1CN(C)C)C1CNC1. The molecule has 16 heavy (non-hydrogen) atoms. The third-order valence-corrected chi connectivity index (χ3v) is 4.22. The maximum Gasteiger partial charge on any atom is 0.0223 e. The Balaban J connectivity index is 1.78. The van der Waals surface area contributed by atoms with Crippen LogP contribution >= 0.6 is 0 Å². The zero-order chi connectivity index (χ0) is 11.5. The molecule has 0 bridgehead atoms. The summed E-state index contributed by atoms with van der Waals surface area (Å²) < 4.78 is 0. The number of hydrogen-bond donors (Lipinski definition) is 1. The van der Waals surface area contributed by atoms with Crippen LogP contribution in [0.5, 0.6) is 0 Å². The molecule has 2 rings (SSSR count). The highest BCUT2D eigenvalue weighted by molar-refractivity contribution is 4.86. The maximum atomic E-state index is 3.38. The van der Waals surface area contributed by atoms with E-state index in [1.807, 2.05) is 0 Å². The Morgan fingerprint density at radius 3 is 2.69 bits per heavy atom. The summed E-state index contributed by atoms with van der Waals surface area (Å²) >= 11 is 0. The molecular formula is C13H27N3. The highest BCUT2D eigenvalue weighted by Gasteiger charge is 2.30. The van der Waals surface area contributed by atoms with Gasteiger partial charge in [0, 0.05) is 19.1 Å². The van der Waals surface area contributed by atoms with Crippen molar-refractivity contribution in [2.45, 2.75) is 25.8 Å². The van der Waals surface area contributed by atoms with E-state index in [4.69, 9.17) is 0 Å². The van der Waals surface area contributed by atoms with Crippen LogP contribution in [0.2, 0.25) is 0 Å². The Labute approximate surface area is 100 Å². The molecule has 3 heteroatoms. The molecule has 0 saturated carbocycles. The topological polar surface area (TPSA) is 18.5 Å². The molecule has 2 unspecified atom stereocenters. The molecule has 0 aromatic heterocycles. The molecule has 2 atom stereocenters. The van der Waals surface area contributed by atoms with Crippen molar-refractivity contribution in [2.24, 2.45) is 11.8 Å². The van der Waals surface area contributed by atoms with Crippen LogP contribution in [0.15, 0.2) is 0 Å². The largest absolute Gasteiger partial charge is 0.316 e. The Kier molecular flexibility index (Phi) is 4.22. The van der Waals surface area contributed by atoms with Crippen LogP contribution in [0, 0.1) is 11.8 Å². The van der Waals surface area contributed by atoms with E-state index in [0.717, 1.165) is 17.9 Å². The summed E-state index contributed by atoms with van der Waals surface area (Å²) in [7, 11) is 4.38. The number of hydrogen-bond acceptors (Lipinski definition) is 3. The Hall–Kier alpha value is -0.120. The first-order valence-corrected chi connectivity index (χ1v) is 6.76. The van der Waals surface area contributed by atoms with E-state index in [1.165, 1.54) is 45.6 Å². The van der Waals surface area contributed by atoms with Gasteiger partial charge in [0.25, 0.3) is 0 Å². The molecule has 2 heterocycles. The van der Waals surface area contributed by atoms with Crippen molar-refractivity contribution < 1.29 is 0 Å². The lowest BCUT2D eigenvalue weighted by Crippen LogP contribution is -2.49. The van der Waals surface area contributed by atoms with Crippen LogP contribution in [0.4, 0.5) is 0 Å². The van der Waals surface area contributed by atoms with Crippen LogP contribution in [-0.4, -0.2) is 62.7 Å². The van der Waals surface area contributed by atoms with Crippen molar-refractivity contribution in [3.63, 3.8) is 0 Å². The quantitative estimate of drug-likeness (QED) is 0.749. The zero-order valence-corrected chi connectivity index (χ0v) is 11.1. The minimum atomic E-state index is 0.811. The molecule has 94 valence electrons. The Bertz CT molecular complexity index is 213. The van der Waals surface area contributed by atoms with Gasteiger partial charge in [-0.05, 0) is 58.4 Å². The maximum absolute atomic E-state index is 3.38. The molecule has 3 nitrogen and oxygen atoms in total. The molecule has 2 fully saturated rings. The standard InChI is InChI=1S/C13H27N3/c1-11(12-7-14-8-12)9-16-6-4-5-13(16)10-15(2)3/h11-14H,4-10H2,1-3H3. The van der Waals surface area contributed by atoms with Crippen molar-refractivity contribution >= 4 is 0 Å². The molecule has 2 aliphatic rings. The van der Waals surface area contributed by atoms with Crippen molar-refractivity contribution in [2.75, 3.05) is 46.8 Å². The fourth-order valence-electron chi connectivity index (χ4n) is 3.00. The first-order chi connectivity index (χ1) is 7.66. The minimum Gasteiger partial charge on any atom is -0.316 e. The van der Waals surface area contributed by atoms with E-state index in [1.54, 1.807) is 0 Å². The fraction of sp³-hybridized carbons (Fsp3) is 1.00. The summed E-state index contributed by atoms with van der Waals surface area (Å²) in [6.45, 7) is 8.78. The van der Waals surface area contributed by atoms with Gasteiger partial charge >= 0.3 is 0 Å².